The molecule has 1 N–H and O–H groups in total. The van der Waals surface area contributed by atoms with Crippen LogP contribution >= 0.6 is 0 Å². The Hall–Kier alpha value is -1.17. The number of sulfone groups is 1. The summed E-state index contributed by atoms with van der Waals surface area (Å²) < 4.78 is 48.9. The van der Waals surface area contributed by atoms with Gasteiger partial charge in [-0.05, 0) is 18.6 Å². The van der Waals surface area contributed by atoms with Crippen LogP contribution in [0.5, 0.6) is 0 Å². The Bertz CT molecular complexity index is 500. The van der Waals surface area contributed by atoms with E-state index in [-0.39, 0.29) is 29.3 Å². The molecule has 0 unspecified atom stereocenters. The molecule has 6 heteroatoms. The number of hydrogen-bond donors (Lipinski definition) is 1. The molecule has 0 fully saturated rings. The van der Waals surface area contributed by atoms with Gasteiger partial charge in [0.2, 0.25) is 0 Å². The fraction of sp³-hybridized carbons (Fsp3) is 0.455. The van der Waals surface area contributed by atoms with Gasteiger partial charge in [0, 0.05) is 18.4 Å². The van der Waals surface area contributed by atoms with Gasteiger partial charge in [0.25, 0.3) is 0 Å². The predicted octanol–water partition coefficient (Wildman–Crippen LogP) is 2.12. The Morgan fingerprint density at radius 3 is 2.47 bits per heavy atom. The Morgan fingerprint density at radius 2 is 1.88 bits per heavy atom. The summed E-state index contributed by atoms with van der Waals surface area (Å²) in [5.41, 5.74) is 0.202. The Balaban J connectivity index is 2.68. The standard InChI is InChI=1S/C11H15F2NO2S/c1-3-17(15,16)5-4-14-11-7-9(12)8(2)6-10(11)13/h6-7,14H,3-5H2,1-2H3. The van der Waals surface area contributed by atoms with E-state index in [0.717, 1.165) is 12.1 Å². The van der Waals surface area contributed by atoms with Gasteiger partial charge in [-0.1, -0.05) is 6.92 Å². The van der Waals surface area contributed by atoms with Crippen LogP contribution < -0.4 is 5.32 Å². The number of nitrogens with one attached hydrogen (secondary N) is 1. The van der Waals surface area contributed by atoms with Crippen LogP contribution in [0.3, 0.4) is 0 Å². The normalized spacial score (nSPS) is 11.5. The first-order chi connectivity index (χ1) is 7.85. The summed E-state index contributed by atoms with van der Waals surface area (Å²) in [6.07, 6.45) is 0. The number of anilines is 1. The second-order valence-corrected chi connectivity index (χ2v) is 6.22. The Labute approximate surface area is 99.8 Å². The average Bonchev–Trinajstić information content (AvgIpc) is 2.25. The number of aryl methyl sites for hydroxylation is 1. The molecule has 0 aliphatic rings. The van der Waals surface area contributed by atoms with Crippen molar-refractivity contribution in [3.63, 3.8) is 0 Å². The van der Waals surface area contributed by atoms with E-state index in [2.05, 4.69) is 5.32 Å². The minimum Gasteiger partial charge on any atom is -0.382 e. The monoisotopic (exact) mass is 263 g/mol. The third kappa shape index (κ3) is 3.96. The molecular formula is C11H15F2NO2S. The van der Waals surface area contributed by atoms with Crippen LogP contribution in [0.4, 0.5) is 14.5 Å². The maximum absolute atomic E-state index is 13.4. The van der Waals surface area contributed by atoms with Crippen LogP contribution in [-0.2, 0) is 9.84 Å². The Kier molecular flexibility index (Phi) is 4.45. The van der Waals surface area contributed by atoms with E-state index in [1.807, 2.05) is 0 Å². The van der Waals surface area contributed by atoms with E-state index in [9.17, 15) is 17.2 Å². The molecule has 0 aliphatic carbocycles. The SMILES string of the molecule is CCS(=O)(=O)CCNc1cc(F)c(C)cc1F. The number of benzene rings is 1. The first-order valence-corrected chi connectivity index (χ1v) is 7.08. The smallest absolute Gasteiger partial charge is 0.151 e. The number of rotatable bonds is 5. The largest absolute Gasteiger partial charge is 0.382 e. The van der Waals surface area contributed by atoms with Crippen molar-refractivity contribution in [3.8, 4) is 0 Å². The van der Waals surface area contributed by atoms with Crippen molar-refractivity contribution in [3.05, 3.63) is 29.3 Å². The second-order valence-electron chi connectivity index (χ2n) is 3.74. The van der Waals surface area contributed by atoms with Gasteiger partial charge in [0.15, 0.2) is 9.84 Å². The van der Waals surface area contributed by atoms with E-state index >= 15 is 0 Å². The van der Waals surface area contributed by atoms with Crippen molar-refractivity contribution in [1.82, 2.24) is 0 Å². The number of halogens is 2. The minimum atomic E-state index is -3.10. The lowest BCUT2D eigenvalue weighted by Gasteiger charge is -2.08. The molecule has 1 rings (SSSR count). The summed E-state index contributed by atoms with van der Waals surface area (Å²) in [5, 5.41) is 2.58. The lowest BCUT2D eigenvalue weighted by atomic mass is 10.2. The molecule has 96 valence electrons. The third-order valence-corrected chi connectivity index (χ3v) is 4.12. The highest BCUT2D eigenvalue weighted by atomic mass is 32.2. The maximum atomic E-state index is 13.4. The lowest BCUT2D eigenvalue weighted by Crippen LogP contribution is -2.17. The first kappa shape index (κ1) is 13.9. The van der Waals surface area contributed by atoms with Crippen LogP contribution in [0.1, 0.15) is 12.5 Å². The average molecular weight is 263 g/mol. The first-order valence-electron chi connectivity index (χ1n) is 5.25. The van der Waals surface area contributed by atoms with Gasteiger partial charge in [-0.25, -0.2) is 17.2 Å². The van der Waals surface area contributed by atoms with Crippen molar-refractivity contribution in [2.24, 2.45) is 0 Å². The highest BCUT2D eigenvalue weighted by molar-refractivity contribution is 7.91. The van der Waals surface area contributed by atoms with Gasteiger partial charge in [-0.3, -0.25) is 0 Å². The van der Waals surface area contributed by atoms with E-state index in [0.29, 0.717) is 0 Å². The van der Waals surface area contributed by atoms with Crippen LogP contribution in [0.15, 0.2) is 12.1 Å². The quantitative estimate of drug-likeness (QED) is 0.885. The maximum Gasteiger partial charge on any atom is 0.151 e. The molecule has 3 nitrogen and oxygen atoms in total. The number of hydrogen-bond acceptors (Lipinski definition) is 3. The summed E-state index contributed by atoms with van der Waals surface area (Å²) in [6, 6.07) is 2.11. The summed E-state index contributed by atoms with van der Waals surface area (Å²) in [4.78, 5) is 0. The van der Waals surface area contributed by atoms with Gasteiger partial charge in [0.1, 0.15) is 11.6 Å². The third-order valence-electron chi connectivity index (χ3n) is 2.42. The van der Waals surface area contributed by atoms with Crippen molar-refractivity contribution >= 4 is 15.5 Å². The summed E-state index contributed by atoms with van der Waals surface area (Å²) in [7, 11) is -3.10. The lowest BCUT2D eigenvalue weighted by molar-refractivity contribution is 0.593. The zero-order valence-corrected chi connectivity index (χ0v) is 10.6. The van der Waals surface area contributed by atoms with Crippen LogP contribution in [0, 0.1) is 18.6 Å². The fourth-order valence-electron chi connectivity index (χ4n) is 1.27. The molecule has 0 radical (unpaired) electrons. The van der Waals surface area contributed by atoms with E-state index in [1.165, 1.54) is 6.92 Å². The zero-order valence-electron chi connectivity index (χ0n) is 9.76. The van der Waals surface area contributed by atoms with Gasteiger partial charge in [-0.2, -0.15) is 0 Å². The fourth-order valence-corrected chi connectivity index (χ4v) is 1.97. The summed E-state index contributed by atoms with van der Waals surface area (Å²) >= 11 is 0. The molecular weight excluding hydrogens is 248 g/mol. The van der Waals surface area contributed by atoms with Gasteiger partial charge in [-0.15, -0.1) is 0 Å². The molecule has 0 atom stereocenters. The van der Waals surface area contributed by atoms with E-state index in [1.54, 1.807) is 6.92 Å². The molecule has 0 heterocycles. The van der Waals surface area contributed by atoms with Gasteiger partial charge in [0.05, 0.1) is 11.4 Å². The molecule has 0 aliphatic heterocycles. The molecule has 1 aromatic rings. The molecule has 0 aromatic heterocycles. The minimum absolute atomic E-state index is 0.0144. The van der Waals surface area contributed by atoms with Gasteiger partial charge < -0.3 is 5.32 Å². The molecule has 17 heavy (non-hydrogen) atoms. The van der Waals surface area contributed by atoms with Crippen molar-refractivity contribution < 1.29 is 17.2 Å². The summed E-state index contributed by atoms with van der Waals surface area (Å²) in [5.74, 6) is -1.16. The topological polar surface area (TPSA) is 46.2 Å². The molecule has 1 aromatic carbocycles. The van der Waals surface area contributed by atoms with Crippen molar-refractivity contribution in [2.45, 2.75) is 13.8 Å². The second kappa shape index (κ2) is 5.44. The molecule has 0 bridgehead atoms. The predicted molar refractivity (Wildman–Crippen MR) is 63.9 cm³/mol. The zero-order chi connectivity index (χ0) is 13.1. The van der Waals surface area contributed by atoms with Crippen molar-refractivity contribution in [2.75, 3.05) is 23.4 Å². The molecule has 0 saturated heterocycles. The molecule has 0 spiro atoms. The van der Waals surface area contributed by atoms with Crippen LogP contribution in [-0.4, -0.2) is 26.5 Å². The van der Waals surface area contributed by atoms with E-state index in [4.69, 9.17) is 0 Å². The van der Waals surface area contributed by atoms with Crippen LogP contribution in [0.2, 0.25) is 0 Å². The highest BCUT2D eigenvalue weighted by Crippen LogP contribution is 2.18. The Morgan fingerprint density at radius 1 is 1.24 bits per heavy atom. The van der Waals surface area contributed by atoms with E-state index < -0.39 is 21.5 Å². The van der Waals surface area contributed by atoms with Gasteiger partial charge >= 0.3 is 0 Å². The van der Waals surface area contributed by atoms with Crippen LogP contribution in [0.25, 0.3) is 0 Å². The summed E-state index contributed by atoms with van der Waals surface area (Å²) in [6.45, 7) is 3.07. The molecule has 0 saturated carbocycles. The van der Waals surface area contributed by atoms with Crippen molar-refractivity contribution in [1.29, 1.82) is 0 Å². The highest BCUT2D eigenvalue weighted by Gasteiger charge is 2.09. The molecule has 0 amide bonds.